The van der Waals surface area contributed by atoms with Crippen molar-refractivity contribution >= 4 is 34.9 Å². The number of nitrogens with one attached hydrogen (secondary N) is 1. The van der Waals surface area contributed by atoms with E-state index < -0.39 is 5.41 Å². The molecule has 0 radical (unpaired) electrons. The Labute approximate surface area is 189 Å². The molecule has 1 saturated carbocycles. The fraction of sp³-hybridized carbons (Fsp3) is 0.292. The van der Waals surface area contributed by atoms with Gasteiger partial charge in [-0.15, -0.1) is 0 Å². The van der Waals surface area contributed by atoms with Crippen LogP contribution in [-0.4, -0.2) is 41.8 Å². The van der Waals surface area contributed by atoms with Crippen molar-refractivity contribution in [1.82, 2.24) is 10.2 Å². The van der Waals surface area contributed by atoms with Gasteiger partial charge in [0.15, 0.2) is 11.5 Å². The van der Waals surface area contributed by atoms with Crippen molar-refractivity contribution in [1.29, 1.82) is 0 Å². The Morgan fingerprint density at radius 2 is 1.88 bits per heavy atom. The lowest BCUT2D eigenvalue weighted by Gasteiger charge is -2.40. The van der Waals surface area contributed by atoms with Gasteiger partial charge in [-0.3, -0.25) is 19.3 Å². The maximum absolute atomic E-state index is 12.9. The number of carbonyl (C=O) groups excluding carboxylic acids is 3. The SMILES string of the molecule is O=C1S/C(=C/c2ccc3c(c2)OCO3)C(=O)N1CCNC(=O)C1(c2ccccc2)CCC1. The average Bonchev–Trinajstić information content (AvgIpc) is 3.33. The molecule has 2 aromatic rings. The number of ether oxygens (including phenoxy) is 2. The fourth-order valence-electron chi connectivity index (χ4n) is 4.23. The molecule has 1 N–H and O–H groups in total. The summed E-state index contributed by atoms with van der Waals surface area (Å²) in [4.78, 5) is 39.6. The molecule has 0 bridgehead atoms. The van der Waals surface area contributed by atoms with E-state index in [0.717, 1.165) is 42.2 Å². The smallest absolute Gasteiger partial charge is 0.293 e. The lowest BCUT2D eigenvalue weighted by Crippen LogP contribution is -2.50. The highest BCUT2D eigenvalue weighted by atomic mass is 32.2. The van der Waals surface area contributed by atoms with E-state index in [1.165, 1.54) is 4.90 Å². The highest BCUT2D eigenvalue weighted by molar-refractivity contribution is 8.18. The second-order valence-electron chi connectivity index (χ2n) is 8.00. The lowest BCUT2D eigenvalue weighted by atomic mass is 9.64. The monoisotopic (exact) mass is 450 g/mol. The molecule has 7 nitrogen and oxygen atoms in total. The molecule has 2 aliphatic heterocycles. The summed E-state index contributed by atoms with van der Waals surface area (Å²) < 4.78 is 10.7. The van der Waals surface area contributed by atoms with Crippen LogP contribution in [0.4, 0.5) is 4.79 Å². The largest absolute Gasteiger partial charge is 0.454 e. The number of fused-ring (bicyclic) bond motifs is 1. The fourth-order valence-corrected chi connectivity index (χ4v) is 5.10. The molecule has 8 heteroatoms. The van der Waals surface area contributed by atoms with Crippen LogP contribution in [0, 0.1) is 0 Å². The number of carbonyl (C=O) groups is 3. The molecule has 3 amide bonds. The predicted molar refractivity (Wildman–Crippen MR) is 120 cm³/mol. The Balaban J connectivity index is 1.21. The molecular formula is C24H22N2O5S. The standard InChI is InChI=1S/C24H22N2O5S/c27-21-20(14-16-7-8-18-19(13-16)31-15-30-18)32-23(29)26(21)12-11-25-22(28)24(9-4-10-24)17-5-2-1-3-6-17/h1-3,5-8,13-14H,4,9-12,15H2,(H,25,28)/b20-14+. The van der Waals surface area contributed by atoms with Crippen LogP contribution in [0.3, 0.4) is 0 Å². The van der Waals surface area contributed by atoms with Crippen molar-refractivity contribution < 1.29 is 23.9 Å². The molecule has 32 heavy (non-hydrogen) atoms. The van der Waals surface area contributed by atoms with E-state index in [0.29, 0.717) is 16.4 Å². The maximum atomic E-state index is 12.9. The van der Waals surface area contributed by atoms with E-state index in [-0.39, 0.29) is 36.9 Å². The average molecular weight is 451 g/mol. The van der Waals surface area contributed by atoms with Crippen LogP contribution in [0.5, 0.6) is 11.5 Å². The van der Waals surface area contributed by atoms with Crippen molar-refractivity contribution in [3.63, 3.8) is 0 Å². The Morgan fingerprint density at radius 1 is 1.09 bits per heavy atom. The van der Waals surface area contributed by atoms with Crippen LogP contribution >= 0.6 is 11.8 Å². The van der Waals surface area contributed by atoms with Crippen LogP contribution < -0.4 is 14.8 Å². The first-order valence-corrected chi connectivity index (χ1v) is 11.4. The molecule has 2 heterocycles. The molecule has 0 unspecified atom stereocenters. The summed E-state index contributed by atoms with van der Waals surface area (Å²) in [6.45, 7) is 0.537. The second-order valence-corrected chi connectivity index (χ2v) is 9.00. The minimum atomic E-state index is -0.501. The van der Waals surface area contributed by atoms with E-state index in [1.807, 2.05) is 36.4 Å². The number of hydrogen-bond acceptors (Lipinski definition) is 6. The summed E-state index contributed by atoms with van der Waals surface area (Å²) in [6.07, 6.45) is 4.30. The zero-order chi connectivity index (χ0) is 22.1. The predicted octanol–water partition coefficient (Wildman–Crippen LogP) is 3.69. The van der Waals surface area contributed by atoms with Crippen LogP contribution in [0.15, 0.2) is 53.4 Å². The van der Waals surface area contributed by atoms with Gasteiger partial charge in [0.1, 0.15) is 0 Å². The molecule has 0 atom stereocenters. The minimum absolute atomic E-state index is 0.0437. The van der Waals surface area contributed by atoms with Crippen LogP contribution in [-0.2, 0) is 15.0 Å². The van der Waals surface area contributed by atoms with E-state index in [2.05, 4.69) is 5.32 Å². The third-order valence-electron chi connectivity index (χ3n) is 6.16. The molecule has 164 valence electrons. The van der Waals surface area contributed by atoms with E-state index in [1.54, 1.807) is 18.2 Å². The molecule has 2 fully saturated rings. The van der Waals surface area contributed by atoms with Gasteiger partial charge >= 0.3 is 0 Å². The number of hydrogen-bond donors (Lipinski definition) is 1. The molecule has 3 aliphatic rings. The zero-order valence-corrected chi connectivity index (χ0v) is 18.2. The first kappa shape index (κ1) is 20.6. The van der Waals surface area contributed by atoms with Crippen LogP contribution in [0.25, 0.3) is 6.08 Å². The van der Waals surface area contributed by atoms with E-state index >= 15 is 0 Å². The number of rotatable bonds is 6. The molecule has 1 saturated heterocycles. The highest BCUT2D eigenvalue weighted by Crippen LogP contribution is 2.44. The van der Waals surface area contributed by atoms with Crippen molar-refractivity contribution in [2.24, 2.45) is 0 Å². The van der Waals surface area contributed by atoms with Gasteiger partial charge in [0.2, 0.25) is 12.7 Å². The summed E-state index contributed by atoms with van der Waals surface area (Å²) in [5.41, 5.74) is 1.27. The van der Waals surface area contributed by atoms with Crippen molar-refractivity contribution in [2.45, 2.75) is 24.7 Å². The quantitative estimate of drug-likeness (QED) is 0.676. The molecule has 5 rings (SSSR count). The van der Waals surface area contributed by atoms with Crippen LogP contribution in [0.1, 0.15) is 30.4 Å². The first-order chi connectivity index (χ1) is 15.6. The van der Waals surface area contributed by atoms with Gasteiger partial charge < -0.3 is 14.8 Å². The maximum Gasteiger partial charge on any atom is 0.293 e. The molecule has 0 spiro atoms. The second kappa shape index (κ2) is 8.35. The molecule has 2 aromatic carbocycles. The number of benzene rings is 2. The summed E-state index contributed by atoms with van der Waals surface area (Å²) in [5.74, 6) is 0.876. The van der Waals surface area contributed by atoms with E-state index in [9.17, 15) is 14.4 Å². The number of thioether (sulfide) groups is 1. The van der Waals surface area contributed by atoms with Gasteiger partial charge in [0.05, 0.1) is 10.3 Å². The molecular weight excluding hydrogens is 428 g/mol. The van der Waals surface area contributed by atoms with Gasteiger partial charge in [-0.25, -0.2) is 0 Å². The number of imide groups is 1. The van der Waals surface area contributed by atoms with Gasteiger partial charge in [0.25, 0.3) is 11.1 Å². The van der Waals surface area contributed by atoms with Gasteiger partial charge in [-0.1, -0.05) is 42.8 Å². The van der Waals surface area contributed by atoms with Crippen molar-refractivity contribution in [2.75, 3.05) is 19.9 Å². The Morgan fingerprint density at radius 3 is 2.62 bits per heavy atom. The first-order valence-electron chi connectivity index (χ1n) is 10.6. The van der Waals surface area contributed by atoms with Crippen molar-refractivity contribution in [3.05, 3.63) is 64.6 Å². The number of nitrogens with zero attached hydrogens (tertiary/aromatic N) is 1. The molecule has 0 aromatic heterocycles. The Hall–Kier alpha value is -3.26. The summed E-state index contributed by atoms with van der Waals surface area (Å²) >= 11 is 0.901. The van der Waals surface area contributed by atoms with E-state index in [4.69, 9.17) is 9.47 Å². The van der Waals surface area contributed by atoms with Gasteiger partial charge in [-0.2, -0.15) is 0 Å². The third kappa shape index (κ3) is 3.64. The summed E-state index contributed by atoms with van der Waals surface area (Å²) in [7, 11) is 0. The number of amides is 3. The Kier molecular flexibility index (Phi) is 5.38. The van der Waals surface area contributed by atoms with Crippen molar-refractivity contribution in [3.8, 4) is 11.5 Å². The lowest BCUT2D eigenvalue weighted by molar-refractivity contribution is -0.130. The highest BCUT2D eigenvalue weighted by Gasteiger charge is 2.45. The Bertz CT molecular complexity index is 1110. The molecule has 1 aliphatic carbocycles. The minimum Gasteiger partial charge on any atom is -0.454 e. The zero-order valence-electron chi connectivity index (χ0n) is 17.3. The summed E-state index contributed by atoms with van der Waals surface area (Å²) in [5, 5.41) is 2.61. The topological polar surface area (TPSA) is 84.9 Å². The van der Waals surface area contributed by atoms with Gasteiger partial charge in [0, 0.05) is 13.1 Å². The normalized spacial score (nSPS) is 19.9. The van der Waals surface area contributed by atoms with Crippen LogP contribution in [0.2, 0.25) is 0 Å². The van der Waals surface area contributed by atoms with Gasteiger partial charge in [-0.05, 0) is 53.9 Å². The summed E-state index contributed by atoms with van der Waals surface area (Å²) in [6, 6.07) is 15.1. The third-order valence-corrected chi connectivity index (χ3v) is 7.06.